The molecule has 0 aliphatic rings. The van der Waals surface area contributed by atoms with Crippen LogP contribution >= 0.6 is 34.8 Å². The summed E-state index contributed by atoms with van der Waals surface area (Å²) in [6, 6.07) is 3.40. The van der Waals surface area contributed by atoms with Crippen LogP contribution in [0, 0.1) is 0 Å². The first-order chi connectivity index (χ1) is 5.15. The topological polar surface area (TPSA) is 0 Å². The molecule has 0 fully saturated rings. The second kappa shape index (κ2) is 3.66. The molecule has 0 aromatic heterocycles. The van der Waals surface area contributed by atoms with Crippen molar-refractivity contribution in [1.82, 2.24) is 0 Å². The Labute approximate surface area is 81.1 Å². The average molecular weight is 210 g/mol. The van der Waals surface area contributed by atoms with Crippen LogP contribution in [0.4, 0.5) is 0 Å². The Morgan fingerprint density at radius 3 is 1.91 bits per heavy atom. The van der Waals surface area contributed by atoms with Gasteiger partial charge in [-0.1, -0.05) is 41.7 Å². The van der Waals surface area contributed by atoms with Crippen molar-refractivity contribution in [1.29, 1.82) is 0 Å². The van der Waals surface area contributed by atoms with Gasteiger partial charge in [-0.3, -0.25) is 0 Å². The van der Waals surface area contributed by atoms with Gasteiger partial charge in [0, 0.05) is 15.1 Å². The van der Waals surface area contributed by atoms with Crippen LogP contribution in [0.2, 0.25) is 15.1 Å². The summed E-state index contributed by atoms with van der Waals surface area (Å²) in [6.07, 6.45) is 0.828. The minimum atomic E-state index is 0.581. The molecule has 0 saturated heterocycles. The van der Waals surface area contributed by atoms with Gasteiger partial charge < -0.3 is 0 Å². The van der Waals surface area contributed by atoms with E-state index in [0.717, 1.165) is 12.0 Å². The van der Waals surface area contributed by atoms with Gasteiger partial charge in [0.1, 0.15) is 0 Å². The van der Waals surface area contributed by atoms with Gasteiger partial charge in [-0.25, -0.2) is 0 Å². The lowest BCUT2D eigenvalue weighted by Crippen LogP contribution is -1.83. The highest BCUT2D eigenvalue weighted by Crippen LogP contribution is 2.28. The zero-order valence-corrected chi connectivity index (χ0v) is 8.26. The molecular weight excluding hydrogens is 202 g/mol. The van der Waals surface area contributed by atoms with Crippen molar-refractivity contribution in [3.05, 3.63) is 32.8 Å². The molecule has 0 bridgehead atoms. The van der Waals surface area contributed by atoms with Gasteiger partial charge in [0.25, 0.3) is 0 Å². The van der Waals surface area contributed by atoms with E-state index in [-0.39, 0.29) is 0 Å². The monoisotopic (exact) mass is 208 g/mol. The number of hydrogen-bond acceptors (Lipinski definition) is 0. The maximum Gasteiger partial charge on any atom is 0.0467 e. The van der Waals surface area contributed by atoms with Crippen LogP contribution in [0.5, 0.6) is 0 Å². The van der Waals surface area contributed by atoms with Gasteiger partial charge in [-0.15, -0.1) is 0 Å². The van der Waals surface area contributed by atoms with E-state index in [9.17, 15) is 0 Å². The van der Waals surface area contributed by atoms with Crippen LogP contribution in [-0.2, 0) is 6.42 Å². The van der Waals surface area contributed by atoms with Gasteiger partial charge in [0.05, 0.1) is 0 Å². The molecule has 0 radical (unpaired) electrons. The van der Waals surface area contributed by atoms with E-state index in [4.69, 9.17) is 34.8 Å². The summed E-state index contributed by atoms with van der Waals surface area (Å²) in [5.41, 5.74) is 0.956. The molecule has 1 aromatic carbocycles. The first kappa shape index (κ1) is 9.18. The summed E-state index contributed by atoms with van der Waals surface area (Å²) in [4.78, 5) is 0. The first-order valence-electron chi connectivity index (χ1n) is 3.28. The van der Waals surface area contributed by atoms with Crippen LogP contribution in [0.3, 0.4) is 0 Å². The summed E-state index contributed by atoms with van der Waals surface area (Å²) in [7, 11) is 0. The van der Waals surface area contributed by atoms with Gasteiger partial charge in [-0.2, -0.15) is 0 Å². The maximum atomic E-state index is 5.87. The highest BCUT2D eigenvalue weighted by Gasteiger charge is 2.04. The lowest BCUT2D eigenvalue weighted by molar-refractivity contribution is 1.14. The standard InChI is InChI=1S/C8H7Cl3/c1-2-6-7(10)3-5(9)4-8(6)11/h3-4H,2H2,1H3. The molecule has 0 aliphatic heterocycles. The predicted octanol–water partition coefficient (Wildman–Crippen LogP) is 4.21. The molecule has 11 heavy (non-hydrogen) atoms. The van der Waals surface area contributed by atoms with E-state index in [0.29, 0.717) is 15.1 Å². The smallest absolute Gasteiger partial charge is 0.0467 e. The third-order valence-electron chi connectivity index (χ3n) is 1.46. The summed E-state index contributed by atoms with van der Waals surface area (Å²) in [5, 5.41) is 1.87. The number of hydrogen-bond donors (Lipinski definition) is 0. The number of benzene rings is 1. The Balaban J connectivity index is 3.25. The quantitative estimate of drug-likeness (QED) is 0.650. The third-order valence-corrected chi connectivity index (χ3v) is 2.35. The van der Waals surface area contributed by atoms with Crippen LogP contribution in [0.25, 0.3) is 0 Å². The van der Waals surface area contributed by atoms with Gasteiger partial charge >= 0.3 is 0 Å². The average Bonchev–Trinajstić information content (AvgIpc) is 1.85. The molecule has 3 heteroatoms. The molecule has 0 spiro atoms. The zero-order valence-electron chi connectivity index (χ0n) is 6.00. The number of halogens is 3. The fourth-order valence-electron chi connectivity index (χ4n) is 0.910. The van der Waals surface area contributed by atoms with E-state index in [1.165, 1.54) is 0 Å². The van der Waals surface area contributed by atoms with Gasteiger partial charge in [0.15, 0.2) is 0 Å². The largest absolute Gasteiger partial charge is 0.0842 e. The molecule has 0 heterocycles. The Kier molecular flexibility index (Phi) is 3.06. The van der Waals surface area contributed by atoms with Crippen LogP contribution in [-0.4, -0.2) is 0 Å². The molecule has 1 aromatic rings. The second-order valence-corrected chi connectivity index (χ2v) is 3.45. The molecule has 0 amide bonds. The van der Waals surface area contributed by atoms with E-state index >= 15 is 0 Å². The second-order valence-electron chi connectivity index (χ2n) is 2.20. The molecule has 1 rings (SSSR count). The molecule has 0 nitrogen and oxygen atoms in total. The predicted molar refractivity (Wildman–Crippen MR) is 50.9 cm³/mol. The zero-order chi connectivity index (χ0) is 8.43. The molecule has 0 N–H and O–H groups in total. The van der Waals surface area contributed by atoms with Gasteiger partial charge in [-0.05, 0) is 24.1 Å². The Morgan fingerprint density at radius 2 is 1.55 bits per heavy atom. The van der Waals surface area contributed by atoms with Crippen molar-refractivity contribution in [3.63, 3.8) is 0 Å². The molecule has 0 atom stereocenters. The summed E-state index contributed by atoms with van der Waals surface area (Å²) < 4.78 is 0. The maximum absolute atomic E-state index is 5.87. The molecule has 60 valence electrons. The molecule has 0 unspecified atom stereocenters. The Morgan fingerprint density at radius 1 is 1.09 bits per heavy atom. The lowest BCUT2D eigenvalue weighted by atomic mass is 10.2. The Bertz CT molecular complexity index is 245. The summed E-state index contributed by atoms with van der Waals surface area (Å²) in [6.45, 7) is 2.00. The van der Waals surface area contributed by atoms with Gasteiger partial charge in [0.2, 0.25) is 0 Å². The molecule has 0 saturated carbocycles. The normalized spacial score (nSPS) is 10.2. The SMILES string of the molecule is CCc1c(Cl)cc(Cl)cc1Cl. The van der Waals surface area contributed by atoms with Crippen molar-refractivity contribution >= 4 is 34.8 Å². The highest BCUT2D eigenvalue weighted by atomic mass is 35.5. The number of rotatable bonds is 1. The highest BCUT2D eigenvalue weighted by molar-refractivity contribution is 6.39. The summed E-state index contributed by atoms with van der Waals surface area (Å²) in [5.74, 6) is 0. The lowest BCUT2D eigenvalue weighted by Gasteiger charge is -2.03. The first-order valence-corrected chi connectivity index (χ1v) is 4.42. The van der Waals surface area contributed by atoms with Crippen molar-refractivity contribution < 1.29 is 0 Å². The van der Waals surface area contributed by atoms with Crippen molar-refractivity contribution in [3.8, 4) is 0 Å². The van der Waals surface area contributed by atoms with Crippen LogP contribution < -0.4 is 0 Å². The Hall–Kier alpha value is 0.0900. The van der Waals surface area contributed by atoms with Crippen molar-refractivity contribution in [2.24, 2.45) is 0 Å². The van der Waals surface area contributed by atoms with E-state index in [2.05, 4.69) is 0 Å². The molecular formula is C8H7Cl3. The summed E-state index contributed by atoms with van der Waals surface area (Å²) >= 11 is 17.4. The van der Waals surface area contributed by atoms with Crippen molar-refractivity contribution in [2.45, 2.75) is 13.3 Å². The van der Waals surface area contributed by atoms with E-state index in [1.54, 1.807) is 12.1 Å². The minimum absolute atomic E-state index is 0.581. The van der Waals surface area contributed by atoms with E-state index < -0.39 is 0 Å². The van der Waals surface area contributed by atoms with E-state index in [1.807, 2.05) is 6.92 Å². The van der Waals surface area contributed by atoms with Crippen LogP contribution in [0.1, 0.15) is 12.5 Å². The fraction of sp³-hybridized carbons (Fsp3) is 0.250. The minimum Gasteiger partial charge on any atom is -0.0842 e. The van der Waals surface area contributed by atoms with Crippen molar-refractivity contribution in [2.75, 3.05) is 0 Å². The molecule has 0 aliphatic carbocycles. The van der Waals surface area contributed by atoms with Crippen LogP contribution in [0.15, 0.2) is 12.1 Å². The fourth-order valence-corrected chi connectivity index (χ4v) is 1.99. The third kappa shape index (κ3) is 2.02.